The number of aromatic carboxylic acids is 1. The lowest BCUT2D eigenvalue weighted by Crippen LogP contribution is -2.22. The zero-order valence-electron chi connectivity index (χ0n) is 8.56. The third-order valence-corrected chi connectivity index (χ3v) is 1.81. The largest absolute Gasteiger partial charge is 0.545 e. The molecule has 0 unspecified atom stereocenters. The Hall–Kier alpha value is -1.55. The number of rotatable bonds is 6. The minimum Gasteiger partial charge on any atom is -0.545 e. The fourth-order valence-electron chi connectivity index (χ4n) is 0.988. The molecule has 15 heavy (non-hydrogen) atoms. The Kier molecular flexibility index (Phi) is 4.63. The maximum atomic E-state index is 10.5. The van der Waals surface area contributed by atoms with E-state index in [0.717, 1.165) is 12.8 Å². The second-order valence-electron chi connectivity index (χ2n) is 3.07. The van der Waals surface area contributed by atoms with Gasteiger partial charge >= 0.3 is 0 Å². The zero-order valence-corrected chi connectivity index (χ0v) is 8.56. The van der Waals surface area contributed by atoms with Gasteiger partial charge in [0.2, 0.25) is 0 Å². The van der Waals surface area contributed by atoms with E-state index in [1.807, 2.05) is 6.92 Å². The molecule has 0 aliphatic rings. The number of hydrogen-bond donors (Lipinski definition) is 0. The molecule has 1 rings (SSSR count). The predicted molar refractivity (Wildman–Crippen MR) is 52.3 cm³/mol. The molecule has 0 saturated carbocycles. The van der Waals surface area contributed by atoms with Crippen LogP contribution in [0, 0.1) is 0 Å². The quantitative estimate of drug-likeness (QED) is 0.401. The van der Waals surface area contributed by atoms with E-state index in [1.54, 1.807) is 12.1 Å². The summed E-state index contributed by atoms with van der Waals surface area (Å²) in [5.41, 5.74) is 0.0755. The minimum absolute atomic E-state index is 0.0755. The first-order valence-corrected chi connectivity index (χ1v) is 4.85. The van der Waals surface area contributed by atoms with Gasteiger partial charge in [-0.3, -0.25) is 0 Å². The van der Waals surface area contributed by atoms with Crippen LogP contribution < -0.4 is 9.99 Å². The standard InChI is InChI=1S/C11H14O4/c1-2-3-7-14-15-10-6-4-5-9(8-10)11(12)13/h4-6,8H,2-3,7H2,1H3,(H,12,13)/p-1. The van der Waals surface area contributed by atoms with Gasteiger partial charge in [-0.2, -0.15) is 4.89 Å². The summed E-state index contributed by atoms with van der Waals surface area (Å²) in [6.45, 7) is 2.53. The summed E-state index contributed by atoms with van der Waals surface area (Å²) >= 11 is 0. The lowest BCUT2D eigenvalue weighted by molar-refractivity contribution is -0.255. The van der Waals surface area contributed by atoms with E-state index in [-0.39, 0.29) is 5.56 Å². The van der Waals surface area contributed by atoms with Crippen molar-refractivity contribution < 1.29 is 19.7 Å². The molecule has 0 N–H and O–H groups in total. The molecule has 4 heteroatoms. The Morgan fingerprint density at radius 1 is 1.47 bits per heavy atom. The SMILES string of the molecule is CCCCOOc1cccc(C(=O)[O-])c1. The van der Waals surface area contributed by atoms with Crippen LogP contribution in [-0.2, 0) is 4.89 Å². The minimum atomic E-state index is -1.23. The van der Waals surface area contributed by atoms with Crippen LogP contribution in [0.3, 0.4) is 0 Å². The molecule has 0 atom stereocenters. The van der Waals surface area contributed by atoms with E-state index >= 15 is 0 Å². The first-order chi connectivity index (χ1) is 7.24. The van der Waals surface area contributed by atoms with Gasteiger partial charge in [-0.05, 0) is 18.6 Å². The number of hydrogen-bond acceptors (Lipinski definition) is 4. The molecular formula is C11H13O4-. The Balaban J connectivity index is 2.47. The monoisotopic (exact) mass is 209 g/mol. The molecule has 0 radical (unpaired) electrons. The van der Waals surface area contributed by atoms with Gasteiger partial charge in [-0.15, -0.1) is 0 Å². The van der Waals surface area contributed by atoms with Crippen LogP contribution in [0.25, 0.3) is 0 Å². The van der Waals surface area contributed by atoms with Crippen molar-refractivity contribution in [3.05, 3.63) is 29.8 Å². The van der Waals surface area contributed by atoms with Crippen LogP contribution in [-0.4, -0.2) is 12.6 Å². The Morgan fingerprint density at radius 3 is 2.93 bits per heavy atom. The van der Waals surface area contributed by atoms with Crippen molar-refractivity contribution in [3.8, 4) is 5.75 Å². The number of carbonyl (C=O) groups is 1. The highest BCUT2D eigenvalue weighted by atomic mass is 17.2. The van der Waals surface area contributed by atoms with Crippen molar-refractivity contribution in [2.75, 3.05) is 6.61 Å². The highest BCUT2D eigenvalue weighted by molar-refractivity contribution is 5.86. The van der Waals surface area contributed by atoms with Gasteiger partial charge in [-0.25, -0.2) is 0 Å². The molecule has 1 aromatic carbocycles. The average molecular weight is 209 g/mol. The van der Waals surface area contributed by atoms with E-state index < -0.39 is 5.97 Å². The van der Waals surface area contributed by atoms with Gasteiger partial charge in [0, 0.05) is 5.56 Å². The molecule has 0 heterocycles. The van der Waals surface area contributed by atoms with Crippen molar-refractivity contribution in [3.63, 3.8) is 0 Å². The van der Waals surface area contributed by atoms with Gasteiger partial charge in [0.25, 0.3) is 0 Å². The normalized spacial score (nSPS) is 9.93. The summed E-state index contributed by atoms with van der Waals surface area (Å²) in [4.78, 5) is 20.3. The van der Waals surface area contributed by atoms with E-state index in [4.69, 9.17) is 9.78 Å². The zero-order chi connectivity index (χ0) is 11.1. The van der Waals surface area contributed by atoms with Crippen LogP contribution in [0.2, 0.25) is 0 Å². The van der Waals surface area contributed by atoms with Crippen molar-refractivity contribution in [2.24, 2.45) is 0 Å². The molecular weight excluding hydrogens is 196 g/mol. The molecule has 0 spiro atoms. The summed E-state index contributed by atoms with van der Waals surface area (Å²) in [5.74, 6) is -0.859. The fraction of sp³-hybridized carbons (Fsp3) is 0.364. The predicted octanol–water partition coefficient (Wildman–Crippen LogP) is 1.16. The van der Waals surface area contributed by atoms with E-state index in [1.165, 1.54) is 12.1 Å². The Labute approximate surface area is 88.4 Å². The average Bonchev–Trinajstić information content (AvgIpc) is 2.25. The summed E-state index contributed by atoms with van der Waals surface area (Å²) < 4.78 is 0. The third-order valence-electron chi connectivity index (χ3n) is 1.81. The summed E-state index contributed by atoms with van der Waals surface area (Å²) in [6, 6.07) is 6.00. The number of carbonyl (C=O) groups excluding carboxylic acids is 1. The molecule has 0 aliphatic heterocycles. The maximum absolute atomic E-state index is 10.5. The molecule has 0 fully saturated rings. The van der Waals surface area contributed by atoms with E-state index in [0.29, 0.717) is 12.4 Å². The first kappa shape index (κ1) is 11.5. The molecule has 0 saturated heterocycles. The highest BCUT2D eigenvalue weighted by Crippen LogP contribution is 2.13. The van der Waals surface area contributed by atoms with Crippen LogP contribution in [0.4, 0.5) is 0 Å². The third kappa shape index (κ3) is 3.99. The Morgan fingerprint density at radius 2 is 2.27 bits per heavy atom. The van der Waals surface area contributed by atoms with Gasteiger partial charge in [-0.1, -0.05) is 25.5 Å². The molecule has 0 bridgehead atoms. The number of carboxylic acids is 1. The second-order valence-corrected chi connectivity index (χ2v) is 3.07. The summed E-state index contributed by atoms with van der Waals surface area (Å²) in [7, 11) is 0. The topological polar surface area (TPSA) is 58.6 Å². The van der Waals surface area contributed by atoms with Crippen molar-refractivity contribution in [2.45, 2.75) is 19.8 Å². The Bertz CT molecular complexity index is 322. The molecule has 0 amide bonds. The highest BCUT2D eigenvalue weighted by Gasteiger charge is 1.98. The van der Waals surface area contributed by atoms with E-state index in [2.05, 4.69) is 0 Å². The van der Waals surface area contributed by atoms with Crippen LogP contribution in [0.5, 0.6) is 5.75 Å². The van der Waals surface area contributed by atoms with Crippen LogP contribution in [0.15, 0.2) is 24.3 Å². The lowest BCUT2D eigenvalue weighted by Gasteiger charge is -2.06. The maximum Gasteiger partial charge on any atom is 0.166 e. The van der Waals surface area contributed by atoms with Gasteiger partial charge < -0.3 is 14.8 Å². The molecule has 82 valence electrons. The van der Waals surface area contributed by atoms with Crippen molar-refractivity contribution in [1.82, 2.24) is 0 Å². The molecule has 0 aliphatic carbocycles. The van der Waals surface area contributed by atoms with Gasteiger partial charge in [0.15, 0.2) is 5.75 Å². The van der Waals surface area contributed by atoms with E-state index in [9.17, 15) is 9.90 Å². The molecule has 0 aromatic heterocycles. The van der Waals surface area contributed by atoms with Crippen molar-refractivity contribution >= 4 is 5.97 Å². The number of carboxylic acid groups (broad SMARTS) is 1. The lowest BCUT2D eigenvalue weighted by atomic mass is 10.2. The summed E-state index contributed by atoms with van der Waals surface area (Å²) in [6.07, 6.45) is 1.92. The first-order valence-electron chi connectivity index (χ1n) is 4.85. The van der Waals surface area contributed by atoms with Crippen LogP contribution in [0.1, 0.15) is 30.1 Å². The smallest absolute Gasteiger partial charge is 0.166 e. The number of benzene rings is 1. The van der Waals surface area contributed by atoms with Gasteiger partial charge in [0.05, 0.1) is 12.6 Å². The molecule has 4 nitrogen and oxygen atoms in total. The summed E-state index contributed by atoms with van der Waals surface area (Å²) in [5, 5.41) is 10.5. The van der Waals surface area contributed by atoms with Gasteiger partial charge in [0.1, 0.15) is 0 Å². The van der Waals surface area contributed by atoms with Crippen LogP contribution >= 0.6 is 0 Å². The second kappa shape index (κ2) is 6.03. The fourth-order valence-corrected chi connectivity index (χ4v) is 0.988. The molecule has 1 aromatic rings. The number of unbranched alkanes of at least 4 members (excludes halogenated alkanes) is 1. The van der Waals surface area contributed by atoms with Crippen molar-refractivity contribution in [1.29, 1.82) is 0 Å².